The van der Waals surface area contributed by atoms with E-state index in [-0.39, 0.29) is 5.91 Å². The molecule has 0 bridgehead atoms. The molecule has 7 heteroatoms. The summed E-state index contributed by atoms with van der Waals surface area (Å²) in [5, 5.41) is 11.0. The van der Waals surface area contributed by atoms with Crippen molar-refractivity contribution in [3.05, 3.63) is 64.3 Å². The van der Waals surface area contributed by atoms with Crippen molar-refractivity contribution in [2.24, 2.45) is 0 Å². The van der Waals surface area contributed by atoms with Gasteiger partial charge in [-0.3, -0.25) is 9.78 Å². The molecule has 3 aromatic rings. The van der Waals surface area contributed by atoms with Gasteiger partial charge in [0.05, 0.1) is 23.5 Å². The Hall–Kier alpha value is -2.54. The molecule has 6 nitrogen and oxygen atoms in total. The van der Waals surface area contributed by atoms with Gasteiger partial charge in [0, 0.05) is 16.1 Å². The number of nitrogens with zero attached hydrogens (tertiary/aromatic N) is 4. The SMILES string of the molecule is Cc1nc(-c2cccc(Br)c2)ccc1C(=O)NCc1nncn1C1CC1. The van der Waals surface area contributed by atoms with Crippen molar-refractivity contribution in [1.82, 2.24) is 25.1 Å². The Kier molecular flexibility index (Phi) is 4.55. The lowest BCUT2D eigenvalue weighted by Gasteiger charge is -2.10. The fourth-order valence-electron chi connectivity index (χ4n) is 2.91. The van der Waals surface area contributed by atoms with E-state index in [1.807, 2.05) is 47.9 Å². The van der Waals surface area contributed by atoms with Gasteiger partial charge in [0.1, 0.15) is 6.33 Å². The molecule has 1 aromatic carbocycles. The normalized spacial score (nSPS) is 13.6. The molecule has 26 heavy (non-hydrogen) atoms. The first-order valence-corrected chi connectivity index (χ1v) is 9.31. The average Bonchev–Trinajstić information content (AvgIpc) is 3.37. The molecule has 1 fully saturated rings. The van der Waals surface area contributed by atoms with Crippen molar-refractivity contribution >= 4 is 21.8 Å². The zero-order chi connectivity index (χ0) is 18.1. The molecule has 0 unspecified atom stereocenters. The maximum atomic E-state index is 12.5. The molecule has 1 N–H and O–H groups in total. The standard InChI is InChI=1S/C19H18BrN5O/c1-12-16(7-8-17(23-12)13-3-2-4-14(20)9-13)19(26)21-10-18-24-22-11-25(18)15-5-6-15/h2-4,7-9,11,15H,5-6,10H2,1H3,(H,21,26). The Morgan fingerprint density at radius 1 is 1.31 bits per heavy atom. The third-order valence-electron chi connectivity index (χ3n) is 4.45. The number of pyridine rings is 1. The summed E-state index contributed by atoms with van der Waals surface area (Å²) in [5.41, 5.74) is 3.12. The number of nitrogens with one attached hydrogen (secondary N) is 1. The van der Waals surface area contributed by atoms with Crippen molar-refractivity contribution in [3.8, 4) is 11.3 Å². The molecule has 0 radical (unpaired) electrons. The van der Waals surface area contributed by atoms with Crippen molar-refractivity contribution in [3.63, 3.8) is 0 Å². The fraction of sp³-hybridized carbons (Fsp3) is 0.263. The van der Waals surface area contributed by atoms with Crippen LogP contribution in [0.15, 0.2) is 47.2 Å². The molecule has 1 amide bonds. The van der Waals surface area contributed by atoms with Crippen LogP contribution in [0.25, 0.3) is 11.3 Å². The van der Waals surface area contributed by atoms with Crippen molar-refractivity contribution < 1.29 is 4.79 Å². The zero-order valence-corrected chi connectivity index (χ0v) is 15.9. The molecule has 0 saturated heterocycles. The van der Waals surface area contributed by atoms with Gasteiger partial charge in [0.15, 0.2) is 5.82 Å². The highest BCUT2D eigenvalue weighted by Gasteiger charge is 2.26. The van der Waals surface area contributed by atoms with E-state index in [4.69, 9.17) is 0 Å². The zero-order valence-electron chi connectivity index (χ0n) is 14.3. The minimum absolute atomic E-state index is 0.152. The minimum atomic E-state index is -0.152. The van der Waals surface area contributed by atoms with E-state index in [1.54, 1.807) is 6.33 Å². The van der Waals surface area contributed by atoms with E-state index in [0.717, 1.165) is 34.4 Å². The Bertz CT molecular complexity index is 964. The Labute approximate surface area is 159 Å². The predicted molar refractivity (Wildman–Crippen MR) is 102 cm³/mol. The number of carbonyl (C=O) groups is 1. The molecule has 0 spiro atoms. The number of amides is 1. The monoisotopic (exact) mass is 411 g/mol. The molecule has 132 valence electrons. The van der Waals surface area contributed by atoms with Gasteiger partial charge in [0.25, 0.3) is 5.91 Å². The highest BCUT2D eigenvalue weighted by atomic mass is 79.9. The first-order chi connectivity index (χ1) is 12.6. The Morgan fingerprint density at radius 3 is 2.88 bits per heavy atom. The second-order valence-corrected chi connectivity index (χ2v) is 7.32. The van der Waals surface area contributed by atoms with E-state index in [0.29, 0.717) is 23.8 Å². The smallest absolute Gasteiger partial charge is 0.253 e. The van der Waals surface area contributed by atoms with Gasteiger partial charge in [-0.15, -0.1) is 10.2 Å². The van der Waals surface area contributed by atoms with E-state index in [9.17, 15) is 4.79 Å². The second-order valence-electron chi connectivity index (χ2n) is 6.41. The van der Waals surface area contributed by atoms with E-state index < -0.39 is 0 Å². The van der Waals surface area contributed by atoms with Crippen LogP contribution in [-0.2, 0) is 6.54 Å². The highest BCUT2D eigenvalue weighted by molar-refractivity contribution is 9.10. The largest absolute Gasteiger partial charge is 0.345 e. The van der Waals surface area contributed by atoms with Gasteiger partial charge >= 0.3 is 0 Å². The Balaban J connectivity index is 1.48. The molecule has 0 aliphatic heterocycles. The third-order valence-corrected chi connectivity index (χ3v) is 4.94. The van der Waals surface area contributed by atoms with Gasteiger partial charge < -0.3 is 9.88 Å². The molecule has 1 aliphatic rings. The number of rotatable bonds is 5. The lowest BCUT2D eigenvalue weighted by atomic mass is 10.1. The van der Waals surface area contributed by atoms with Crippen molar-refractivity contribution in [2.45, 2.75) is 32.4 Å². The van der Waals surface area contributed by atoms with Crippen molar-refractivity contribution in [2.75, 3.05) is 0 Å². The topological polar surface area (TPSA) is 72.7 Å². The molecule has 4 rings (SSSR count). The number of aromatic nitrogens is 4. The molecule has 2 heterocycles. The van der Waals surface area contributed by atoms with Crippen LogP contribution in [0.1, 0.15) is 40.8 Å². The molecule has 1 saturated carbocycles. The van der Waals surface area contributed by atoms with Crippen LogP contribution in [-0.4, -0.2) is 25.7 Å². The lowest BCUT2D eigenvalue weighted by molar-refractivity contribution is 0.0948. The number of hydrogen-bond donors (Lipinski definition) is 1. The van der Waals surface area contributed by atoms with Crippen LogP contribution in [0.4, 0.5) is 0 Å². The van der Waals surface area contributed by atoms with Crippen LogP contribution in [0, 0.1) is 6.92 Å². The maximum absolute atomic E-state index is 12.5. The summed E-state index contributed by atoms with van der Waals surface area (Å²) >= 11 is 3.47. The third kappa shape index (κ3) is 3.53. The van der Waals surface area contributed by atoms with Gasteiger partial charge in [-0.25, -0.2) is 0 Å². The van der Waals surface area contributed by atoms with E-state index >= 15 is 0 Å². The van der Waals surface area contributed by atoms with E-state index in [1.165, 1.54) is 0 Å². The number of hydrogen-bond acceptors (Lipinski definition) is 4. The summed E-state index contributed by atoms with van der Waals surface area (Å²) in [6.45, 7) is 2.21. The number of carbonyl (C=O) groups excluding carboxylic acids is 1. The lowest BCUT2D eigenvalue weighted by Crippen LogP contribution is -2.25. The number of aryl methyl sites for hydroxylation is 1. The van der Waals surface area contributed by atoms with E-state index in [2.05, 4.69) is 36.4 Å². The van der Waals surface area contributed by atoms with Crippen LogP contribution in [0.2, 0.25) is 0 Å². The first kappa shape index (κ1) is 16.9. The van der Waals surface area contributed by atoms with Gasteiger partial charge in [-0.2, -0.15) is 0 Å². The van der Waals surface area contributed by atoms with Crippen LogP contribution in [0.3, 0.4) is 0 Å². The highest BCUT2D eigenvalue weighted by Crippen LogP contribution is 2.35. The summed E-state index contributed by atoms with van der Waals surface area (Å²) in [6, 6.07) is 12.1. The number of halogens is 1. The molecule has 0 atom stereocenters. The molecule has 1 aliphatic carbocycles. The van der Waals surface area contributed by atoms with Gasteiger partial charge in [-0.1, -0.05) is 28.1 Å². The summed E-state index contributed by atoms with van der Waals surface area (Å²) in [4.78, 5) is 17.1. The first-order valence-electron chi connectivity index (χ1n) is 8.52. The average molecular weight is 412 g/mol. The summed E-state index contributed by atoms with van der Waals surface area (Å²) in [6.07, 6.45) is 4.04. The Morgan fingerprint density at radius 2 is 2.15 bits per heavy atom. The summed E-state index contributed by atoms with van der Waals surface area (Å²) < 4.78 is 3.04. The van der Waals surface area contributed by atoms with Crippen LogP contribution in [0.5, 0.6) is 0 Å². The molecular formula is C19H18BrN5O. The minimum Gasteiger partial charge on any atom is -0.345 e. The molecular weight excluding hydrogens is 394 g/mol. The second kappa shape index (κ2) is 6.99. The quantitative estimate of drug-likeness (QED) is 0.694. The van der Waals surface area contributed by atoms with Gasteiger partial charge in [0.2, 0.25) is 0 Å². The van der Waals surface area contributed by atoms with Crippen LogP contribution >= 0.6 is 15.9 Å². The van der Waals surface area contributed by atoms with Crippen molar-refractivity contribution in [1.29, 1.82) is 0 Å². The van der Waals surface area contributed by atoms with Crippen LogP contribution < -0.4 is 5.32 Å². The van der Waals surface area contributed by atoms with Gasteiger partial charge in [-0.05, 0) is 44.0 Å². The number of benzene rings is 1. The summed E-state index contributed by atoms with van der Waals surface area (Å²) in [7, 11) is 0. The molecule has 2 aromatic heterocycles. The maximum Gasteiger partial charge on any atom is 0.253 e. The summed E-state index contributed by atoms with van der Waals surface area (Å²) in [5.74, 6) is 0.637. The predicted octanol–water partition coefficient (Wildman–Crippen LogP) is 3.68. The fourth-order valence-corrected chi connectivity index (χ4v) is 3.31.